The van der Waals surface area contributed by atoms with Gasteiger partial charge in [0.2, 0.25) is 0 Å². The maximum atomic E-state index is 9.85. The number of hydrogen-bond donors (Lipinski definition) is 2. The van der Waals surface area contributed by atoms with Crippen LogP contribution >= 0.6 is 24.8 Å². The molecule has 2 saturated heterocycles. The minimum absolute atomic E-state index is 0. The number of aliphatic hydroxyl groups excluding tert-OH is 1. The van der Waals surface area contributed by atoms with Crippen molar-refractivity contribution >= 4 is 24.8 Å². The highest BCUT2D eigenvalue weighted by atomic mass is 35.5. The van der Waals surface area contributed by atoms with Gasteiger partial charge in [-0.3, -0.25) is 9.58 Å². The molecule has 0 radical (unpaired) electrons. The number of fused-ring (bicyclic) bond motifs is 3. The molecule has 1 aromatic rings. The van der Waals surface area contributed by atoms with Crippen LogP contribution in [0.4, 0.5) is 0 Å². The largest absolute Gasteiger partial charge is 0.393 e. The van der Waals surface area contributed by atoms with E-state index in [4.69, 9.17) is 5.10 Å². The summed E-state index contributed by atoms with van der Waals surface area (Å²) in [4.78, 5) is 2.58. The van der Waals surface area contributed by atoms with Gasteiger partial charge in [0, 0.05) is 31.7 Å². The Morgan fingerprint density at radius 1 is 1.24 bits per heavy atom. The van der Waals surface area contributed by atoms with E-state index in [0.29, 0.717) is 12.1 Å². The highest BCUT2D eigenvalue weighted by molar-refractivity contribution is 5.85. The summed E-state index contributed by atoms with van der Waals surface area (Å²) in [5.74, 6) is 0. The van der Waals surface area contributed by atoms with Crippen molar-refractivity contribution in [3.8, 4) is 0 Å². The van der Waals surface area contributed by atoms with Gasteiger partial charge in [-0.15, -0.1) is 24.8 Å². The molecular weight excluding hydrogens is 311 g/mol. The first-order valence-corrected chi connectivity index (χ1v) is 7.50. The standard InChI is InChI=1S/C14H22N4O.2ClH/c19-14-6-11-1-2-12(7-14)17(11)9-10-5-13-8-15-3-4-18(13)16-10;;/h5,11-12,14-15,19H,1-4,6-9H2;2*1H/t11-,12+,14?;;. The summed E-state index contributed by atoms with van der Waals surface area (Å²) in [6, 6.07) is 3.40. The zero-order chi connectivity index (χ0) is 12.8. The number of aliphatic hydroxyl groups is 1. The highest BCUT2D eigenvalue weighted by Gasteiger charge is 2.40. The lowest BCUT2D eigenvalue weighted by atomic mass is 10.00. The number of halogens is 2. The summed E-state index contributed by atoms with van der Waals surface area (Å²) in [5.41, 5.74) is 2.51. The van der Waals surface area contributed by atoms with Crippen LogP contribution in [-0.2, 0) is 19.6 Å². The summed E-state index contributed by atoms with van der Waals surface area (Å²) >= 11 is 0. The smallest absolute Gasteiger partial charge is 0.0768 e. The van der Waals surface area contributed by atoms with Crippen molar-refractivity contribution < 1.29 is 5.11 Å². The van der Waals surface area contributed by atoms with E-state index in [-0.39, 0.29) is 30.9 Å². The van der Waals surface area contributed by atoms with E-state index in [9.17, 15) is 5.11 Å². The van der Waals surface area contributed by atoms with Crippen LogP contribution in [0.1, 0.15) is 37.1 Å². The molecule has 7 heteroatoms. The predicted molar refractivity (Wildman–Crippen MR) is 86.0 cm³/mol. The Kier molecular flexibility index (Phi) is 5.54. The number of aromatic nitrogens is 2. The van der Waals surface area contributed by atoms with Gasteiger partial charge in [0.1, 0.15) is 0 Å². The minimum Gasteiger partial charge on any atom is -0.393 e. The third kappa shape index (κ3) is 3.22. The van der Waals surface area contributed by atoms with E-state index < -0.39 is 0 Å². The number of nitrogens with one attached hydrogen (secondary N) is 1. The van der Waals surface area contributed by atoms with Crippen molar-refractivity contribution in [1.82, 2.24) is 20.0 Å². The molecule has 1 unspecified atom stereocenters. The first-order valence-electron chi connectivity index (χ1n) is 7.50. The fourth-order valence-corrected chi connectivity index (χ4v) is 4.02. The van der Waals surface area contributed by atoms with Crippen molar-refractivity contribution in [2.24, 2.45) is 0 Å². The maximum Gasteiger partial charge on any atom is 0.0768 e. The second kappa shape index (κ2) is 6.84. The Morgan fingerprint density at radius 3 is 2.62 bits per heavy atom. The van der Waals surface area contributed by atoms with Gasteiger partial charge in [-0.25, -0.2) is 0 Å². The minimum atomic E-state index is -0.0758. The van der Waals surface area contributed by atoms with Crippen molar-refractivity contribution in [3.05, 3.63) is 17.5 Å². The second-order valence-electron chi connectivity index (χ2n) is 6.21. The number of rotatable bonds is 2. The molecule has 4 heterocycles. The molecule has 3 aliphatic rings. The molecule has 0 aromatic carbocycles. The molecule has 0 spiro atoms. The highest BCUT2D eigenvalue weighted by Crippen LogP contribution is 2.36. The summed E-state index contributed by atoms with van der Waals surface area (Å²) in [6.07, 6.45) is 4.32. The first-order chi connectivity index (χ1) is 9.29. The van der Waals surface area contributed by atoms with Crippen molar-refractivity contribution in [1.29, 1.82) is 0 Å². The Bertz CT molecular complexity index is 444. The van der Waals surface area contributed by atoms with Gasteiger partial charge in [-0.05, 0) is 31.7 Å². The molecule has 2 N–H and O–H groups in total. The Hall–Kier alpha value is -0.330. The van der Waals surface area contributed by atoms with Crippen LogP contribution in [0.5, 0.6) is 0 Å². The lowest BCUT2D eigenvalue weighted by Crippen LogP contribution is -2.44. The lowest BCUT2D eigenvalue weighted by molar-refractivity contribution is 0.0303. The molecule has 3 atom stereocenters. The lowest BCUT2D eigenvalue weighted by Gasteiger charge is -2.36. The zero-order valence-corrected chi connectivity index (χ0v) is 13.7. The van der Waals surface area contributed by atoms with Gasteiger partial charge in [0.15, 0.2) is 0 Å². The van der Waals surface area contributed by atoms with Crippen LogP contribution in [0.15, 0.2) is 6.07 Å². The third-order valence-corrected chi connectivity index (χ3v) is 4.92. The fraction of sp³-hybridized carbons (Fsp3) is 0.786. The van der Waals surface area contributed by atoms with E-state index in [1.54, 1.807) is 0 Å². The molecule has 0 saturated carbocycles. The summed E-state index contributed by atoms with van der Waals surface area (Å²) in [5, 5.41) is 18.0. The molecule has 0 amide bonds. The molecule has 21 heavy (non-hydrogen) atoms. The molecule has 2 fully saturated rings. The third-order valence-electron chi connectivity index (χ3n) is 4.92. The zero-order valence-electron chi connectivity index (χ0n) is 12.1. The van der Waals surface area contributed by atoms with E-state index in [0.717, 1.165) is 39.0 Å². The summed E-state index contributed by atoms with van der Waals surface area (Å²) < 4.78 is 2.15. The average Bonchev–Trinajstić information content (AvgIpc) is 2.90. The van der Waals surface area contributed by atoms with E-state index in [1.165, 1.54) is 24.2 Å². The molecular formula is C14H24Cl2N4O. The fourth-order valence-electron chi connectivity index (χ4n) is 4.02. The quantitative estimate of drug-likeness (QED) is 0.856. The van der Waals surface area contributed by atoms with Gasteiger partial charge in [0.05, 0.1) is 24.0 Å². The summed E-state index contributed by atoms with van der Waals surface area (Å²) in [7, 11) is 0. The molecule has 4 rings (SSSR count). The SMILES string of the molecule is Cl.Cl.OC1C[C@H]2CC[C@@H](C1)N2Cc1cc2n(n1)CCNC2. The molecule has 2 bridgehead atoms. The van der Waals surface area contributed by atoms with Crippen LogP contribution < -0.4 is 5.32 Å². The van der Waals surface area contributed by atoms with Crippen LogP contribution in [0.3, 0.4) is 0 Å². The van der Waals surface area contributed by atoms with E-state index >= 15 is 0 Å². The van der Waals surface area contributed by atoms with Crippen LogP contribution in [0.25, 0.3) is 0 Å². The van der Waals surface area contributed by atoms with Gasteiger partial charge < -0.3 is 10.4 Å². The molecule has 5 nitrogen and oxygen atoms in total. The number of hydrogen-bond acceptors (Lipinski definition) is 4. The normalized spacial score (nSPS) is 31.2. The second-order valence-corrected chi connectivity index (χ2v) is 6.21. The van der Waals surface area contributed by atoms with Crippen LogP contribution in [-0.4, -0.2) is 44.5 Å². The Balaban J connectivity index is 0.000000807. The van der Waals surface area contributed by atoms with Gasteiger partial charge in [0.25, 0.3) is 0 Å². The monoisotopic (exact) mass is 334 g/mol. The Morgan fingerprint density at radius 2 is 1.95 bits per heavy atom. The molecule has 3 aliphatic heterocycles. The average molecular weight is 335 g/mol. The van der Waals surface area contributed by atoms with Crippen LogP contribution in [0.2, 0.25) is 0 Å². The van der Waals surface area contributed by atoms with Crippen molar-refractivity contribution in [2.75, 3.05) is 6.54 Å². The maximum absolute atomic E-state index is 9.85. The van der Waals surface area contributed by atoms with Crippen molar-refractivity contribution in [2.45, 2.75) is 63.5 Å². The van der Waals surface area contributed by atoms with Gasteiger partial charge >= 0.3 is 0 Å². The van der Waals surface area contributed by atoms with Gasteiger partial charge in [-0.1, -0.05) is 0 Å². The van der Waals surface area contributed by atoms with Crippen molar-refractivity contribution in [3.63, 3.8) is 0 Å². The van der Waals surface area contributed by atoms with E-state index in [1.807, 2.05) is 0 Å². The summed E-state index contributed by atoms with van der Waals surface area (Å²) in [6.45, 7) is 3.91. The molecule has 1 aromatic heterocycles. The van der Waals surface area contributed by atoms with E-state index in [2.05, 4.69) is 21.0 Å². The van der Waals surface area contributed by atoms with Gasteiger partial charge in [-0.2, -0.15) is 5.10 Å². The topological polar surface area (TPSA) is 53.3 Å². The predicted octanol–water partition coefficient (Wildman–Crippen LogP) is 1.32. The van der Waals surface area contributed by atoms with Crippen LogP contribution in [0, 0.1) is 0 Å². The first kappa shape index (κ1) is 17.0. The molecule has 120 valence electrons. The molecule has 0 aliphatic carbocycles. The Labute approximate surface area is 137 Å². The number of piperidine rings is 1. The number of nitrogens with zero attached hydrogens (tertiary/aromatic N) is 3.